The number of hydrogen-bond acceptors (Lipinski definition) is 3. The Bertz CT molecular complexity index is 73.3. The van der Waals surface area contributed by atoms with E-state index in [0.717, 1.165) is 0 Å². The minimum Gasteiger partial charge on any atom is -0.333 e. The first-order valence-electron chi connectivity index (χ1n) is 3.50. The lowest BCUT2D eigenvalue weighted by Crippen LogP contribution is -2.22. The lowest BCUT2D eigenvalue weighted by molar-refractivity contribution is -0.288. The zero-order valence-electron chi connectivity index (χ0n) is 7.09. The van der Waals surface area contributed by atoms with Crippen molar-refractivity contribution in [3.05, 3.63) is 0 Å². The number of hydrogen-bond donors (Lipinski definition) is 0. The molecule has 0 amide bonds. The van der Waals surface area contributed by atoms with Gasteiger partial charge in [0.2, 0.25) is 0 Å². The highest BCUT2D eigenvalue weighted by molar-refractivity contribution is 4.34. The van der Waals surface area contributed by atoms with Crippen molar-refractivity contribution < 1.29 is 14.2 Å². The molecule has 3 nitrogen and oxygen atoms in total. The molecule has 0 aromatic heterocycles. The van der Waals surface area contributed by atoms with Gasteiger partial charge in [0.15, 0.2) is 0 Å². The van der Waals surface area contributed by atoms with Crippen LogP contribution in [0.1, 0.15) is 20.8 Å². The summed E-state index contributed by atoms with van der Waals surface area (Å²) in [6, 6.07) is 0. The van der Waals surface area contributed by atoms with Gasteiger partial charge in [0.25, 0.3) is 6.48 Å². The Morgan fingerprint density at radius 2 is 1.90 bits per heavy atom. The first-order chi connectivity index (χ1) is 4.70. The Morgan fingerprint density at radius 3 is 2.20 bits per heavy atom. The second-order valence-corrected chi connectivity index (χ2v) is 2.16. The van der Waals surface area contributed by atoms with E-state index in [1.807, 2.05) is 20.8 Å². The molecule has 0 aliphatic heterocycles. The molecule has 0 aromatic carbocycles. The van der Waals surface area contributed by atoms with Gasteiger partial charge in [0, 0.05) is 13.7 Å². The molecule has 0 bridgehead atoms. The summed E-state index contributed by atoms with van der Waals surface area (Å²) in [5.41, 5.74) is 0. The van der Waals surface area contributed by atoms with E-state index in [1.165, 1.54) is 0 Å². The van der Waals surface area contributed by atoms with Gasteiger partial charge in [-0.05, 0) is 20.8 Å². The predicted molar refractivity (Wildman–Crippen MR) is 38.6 cm³/mol. The highest BCUT2D eigenvalue weighted by Crippen LogP contribution is 1.99. The second kappa shape index (κ2) is 5.65. The minimum atomic E-state index is -0.509. The van der Waals surface area contributed by atoms with E-state index in [1.54, 1.807) is 7.11 Å². The van der Waals surface area contributed by atoms with E-state index < -0.39 is 6.48 Å². The van der Waals surface area contributed by atoms with E-state index in [2.05, 4.69) is 0 Å². The minimum absolute atomic E-state index is 0.136. The first kappa shape index (κ1) is 9.88. The summed E-state index contributed by atoms with van der Waals surface area (Å²) in [5.74, 6) is 0. The van der Waals surface area contributed by atoms with Gasteiger partial charge >= 0.3 is 0 Å². The van der Waals surface area contributed by atoms with Crippen molar-refractivity contribution in [2.75, 3.05) is 13.7 Å². The molecular weight excluding hydrogens is 132 g/mol. The molecule has 1 unspecified atom stereocenters. The molecule has 0 fully saturated rings. The summed E-state index contributed by atoms with van der Waals surface area (Å²) in [6.45, 7) is 5.86. The van der Waals surface area contributed by atoms with Crippen molar-refractivity contribution >= 4 is 0 Å². The van der Waals surface area contributed by atoms with Crippen molar-refractivity contribution in [1.82, 2.24) is 0 Å². The van der Waals surface area contributed by atoms with Gasteiger partial charge in [0.05, 0.1) is 6.10 Å². The van der Waals surface area contributed by atoms with E-state index in [4.69, 9.17) is 14.2 Å². The number of rotatable bonds is 5. The molecule has 0 radical (unpaired) electrons. The van der Waals surface area contributed by atoms with Crippen LogP contribution >= 0.6 is 0 Å². The van der Waals surface area contributed by atoms with Crippen LogP contribution in [-0.2, 0) is 14.2 Å². The molecule has 0 saturated heterocycles. The molecule has 1 atom stereocenters. The van der Waals surface area contributed by atoms with Crippen molar-refractivity contribution in [3.63, 3.8) is 0 Å². The SMILES string of the molecule is CCOC(OC)OC(C)C. The van der Waals surface area contributed by atoms with Gasteiger partial charge < -0.3 is 14.2 Å². The van der Waals surface area contributed by atoms with Crippen LogP contribution in [0.2, 0.25) is 0 Å². The number of methoxy groups -OCH3 is 1. The Kier molecular flexibility index (Phi) is 5.58. The first-order valence-corrected chi connectivity index (χ1v) is 3.50. The Balaban J connectivity index is 3.39. The van der Waals surface area contributed by atoms with Crippen LogP contribution in [0.15, 0.2) is 0 Å². The molecule has 0 rings (SSSR count). The third kappa shape index (κ3) is 4.73. The van der Waals surface area contributed by atoms with Gasteiger partial charge in [-0.3, -0.25) is 0 Å². The molecule has 0 heterocycles. The van der Waals surface area contributed by atoms with E-state index in [0.29, 0.717) is 6.61 Å². The van der Waals surface area contributed by atoms with Crippen LogP contribution in [0.3, 0.4) is 0 Å². The van der Waals surface area contributed by atoms with E-state index in [9.17, 15) is 0 Å². The van der Waals surface area contributed by atoms with Crippen LogP contribution in [0, 0.1) is 0 Å². The number of ether oxygens (including phenoxy) is 3. The second-order valence-electron chi connectivity index (χ2n) is 2.16. The maximum Gasteiger partial charge on any atom is 0.271 e. The van der Waals surface area contributed by atoms with Gasteiger partial charge in [-0.2, -0.15) is 0 Å². The molecule has 0 N–H and O–H groups in total. The maximum absolute atomic E-state index is 5.20. The summed E-state index contributed by atoms with van der Waals surface area (Å²) >= 11 is 0. The average Bonchev–Trinajstić information content (AvgIpc) is 1.86. The van der Waals surface area contributed by atoms with E-state index >= 15 is 0 Å². The Hall–Kier alpha value is -0.120. The smallest absolute Gasteiger partial charge is 0.271 e. The van der Waals surface area contributed by atoms with Crippen LogP contribution in [-0.4, -0.2) is 26.3 Å². The van der Waals surface area contributed by atoms with Crippen LogP contribution in [0.4, 0.5) is 0 Å². The molecular formula is C7H16O3. The maximum atomic E-state index is 5.20. The summed E-state index contributed by atoms with van der Waals surface area (Å²) in [7, 11) is 1.56. The highest BCUT2D eigenvalue weighted by Gasteiger charge is 2.07. The van der Waals surface area contributed by atoms with Crippen molar-refractivity contribution in [2.45, 2.75) is 33.4 Å². The molecule has 62 valence electrons. The van der Waals surface area contributed by atoms with Crippen LogP contribution in [0.25, 0.3) is 0 Å². The van der Waals surface area contributed by atoms with Gasteiger partial charge in [-0.25, -0.2) is 0 Å². The fourth-order valence-corrected chi connectivity index (χ4v) is 0.521. The van der Waals surface area contributed by atoms with Gasteiger partial charge in [-0.1, -0.05) is 0 Å². The van der Waals surface area contributed by atoms with Crippen molar-refractivity contribution in [1.29, 1.82) is 0 Å². The third-order valence-corrected chi connectivity index (χ3v) is 0.878. The normalized spacial score (nSPS) is 14.1. The summed E-state index contributed by atoms with van der Waals surface area (Å²) in [6.07, 6.45) is 0.136. The fraction of sp³-hybridized carbons (Fsp3) is 1.00. The topological polar surface area (TPSA) is 27.7 Å². The Morgan fingerprint density at radius 1 is 1.30 bits per heavy atom. The molecule has 0 saturated carbocycles. The lowest BCUT2D eigenvalue weighted by Gasteiger charge is -2.17. The average molecular weight is 148 g/mol. The zero-order chi connectivity index (χ0) is 7.98. The highest BCUT2D eigenvalue weighted by atomic mass is 16.8. The molecule has 10 heavy (non-hydrogen) atoms. The monoisotopic (exact) mass is 148 g/mol. The summed E-state index contributed by atoms with van der Waals surface area (Å²) in [4.78, 5) is 0. The van der Waals surface area contributed by atoms with Crippen LogP contribution in [0.5, 0.6) is 0 Å². The van der Waals surface area contributed by atoms with Gasteiger partial charge in [0.1, 0.15) is 0 Å². The standard InChI is InChI=1S/C7H16O3/c1-5-9-7(8-4)10-6(2)3/h6-7H,5H2,1-4H3. The van der Waals surface area contributed by atoms with Crippen LogP contribution < -0.4 is 0 Å². The van der Waals surface area contributed by atoms with E-state index in [-0.39, 0.29) is 6.10 Å². The molecule has 3 heteroatoms. The third-order valence-electron chi connectivity index (χ3n) is 0.878. The Labute approximate surface area is 62.3 Å². The largest absolute Gasteiger partial charge is 0.333 e. The summed E-state index contributed by atoms with van der Waals surface area (Å²) < 4.78 is 15.1. The van der Waals surface area contributed by atoms with Crippen molar-refractivity contribution in [2.24, 2.45) is 0 Å². The molecule has 0 spiro atoms. The molecule has 0 aliphatic rings. The predicted octanol–water partition coefficient (Wildman–Crippen LogP) is 1.38. The lowest BCUT2D eigenvalue weighted by atomic mass is 10.5. The fourth-order valence-electron chi connectivity index (χ4n) is 0.521. The summed E-state index contributed by atoms with van der Waals surface area (Å²) in [5, 5.41) is 0. The van der Waals surface area contributed by atoms with Crippen molar-refractivity contribution in [3.8, 4) is 0 Å². The zero-order valence-corrected chi connectivity index (χ0v) is 7.09. The quantitative estimate of drug-likeness (QED) is 0.551. The molecule has 0 aliphatic carbocycles. The molecule has 0 aromatic rings. The van der Waals surface area contributed by atoms with Gasteiger partial charge in [-0.15, -0.1) is 0 Å².